The van der Waals surface area contributed by atoms with E-state index in [1.54, 1.807) is 0 Å². The standard InChI is InChI=1S/C23H43N5.HI/c1-7-27(8-2)17-11-12-20(5)26-23(24-6)25-18-21-13-15-22(16-14-21)19-28(9-3)10-4;/h13-16,20H,7-12,17-19H2,1-6H3,(H2,24,25,26);1H. The van der Waals surface area contributed by atoms with Crippen molar-refractivity contribution in [1.29, 1.82) is 0 Å². The van der Waals surface area contributed by atoms with Crippen LogP contribution in [0.3, 0.4) is 0 Å². The van der Waals surface area contributed by atoms with Gasteiger partial charge in [0, 0.05) is 26.2 Å². The summed E-state index contributed by atoms with van der Waals surface area (Å²) < 4.78 is 0. The molecule has 0 aliphatic carbocycles. The highest BCUT2D eigenvalue weighted by Crippen LogP contribution is 2.07. The van der Waals surface area contributed by atoms with Gasteiger partial charge in [-0.1, -0.05) is 52.0 Å². The van der Waals surface area contributed by atoms with Crippen LogP contribution in [0.1, 0.15) is 58.6 Å². The van der Waals surface area contributed by atoms with Crippen molar-refractivity contribution in [2.75, 3.05) is 39.8 Å². The van der Waals surface area contributed by atoms with Crippen LogP contribution >= 0.6 is 24.0 Å². The third kappa shape index (κ3) is 11.8. The van der Waals surface area contributed by atoms with Gasteiger partial charge >= 0.3 is 0 Å². The van der Waals surface area contributed by atoms with Gasteiger partial charge in [-0.2, -0.15) is 0 Å². The Balaban J connectivity index is 0.00000784. The highest BCUT2D eigenvalue weighted by atomic mass is 127. The van der Waals surface area contributed by atoms with Crippen LogP contribution < -0.4 is 10.6 Å². The van der Waals surface area contributed by atoms with Gasteiger partial charge in [0.2, 0.25) is 0 Å². The Labute approximate surface area is 196 Å². The van der Waals surface area contributed by atoms with Crippen molar-refractivity contribution in [3.8, 4) is 0 Å². The van der Waals surface area contributed by atoms with Crippen molar-refractivity contribution < 1.29 is 0 Å². The van der Waals surface area contributed by atoms with Gasteiger partial charge in [0.05, 0.1) is 0 Å². The minimum Gasteiger partial charge on any atom is -0.354 e. The lowest BCUT2D eigenvalue weighted by atomic mass is 10.1. The highest BCUT2D eigenvalue weighted by Gasteiger charge is 2.07. The number of guanidine groups is 1. The molecule has 1 aromatic rings. The van der Waals surface area contributed by atoms with Gasteiger partial charge in [0.25, 0.3) is 0 Å². The Kier molecular flexibility index (Phi) is 16.4. The van der Waals surface area contributed by atoms with Gasteiger partial charge in [-0.05, 0) is 63.6 Å². The van der Waals surface area contributed by atoms with Gasteiger partial charge in [-0.3, -0.25) is 9.89 Å². The van der Waals surface area contributed by atoms with Gasteiger partial charge in [-0.15, -0.1) is 24.0 Å². The van der Waals surface area contributed by atoms with Gasteiger partial charge < -0.3 is 15.5 Å². The average Bonchev–Trinajstić information content (AvgIpc) is 2.73. The maximum Gasteiger partial charge on any atom is 0.191 e. The van der Waals surface area contributed by atoms with E-state index in [2.05, 4.69) is 84.3 Å². The number of halogens is 1. The van der Waals surface area contributed by atoms with Crippen molar-refractivity contribution in [3.63, 3.8) is 0 Å². The molecule has 1 rings (SSSR count). The zero-order valence-electron chi connectivity index (χ0n) is 19.5. The minimum absolute atomic E-state index is 0. The molecule has 6 heteroatoms. The molecule has 29 heavy (non-hydrogen) atoms. The summed E-state index contributed by atoms with van der Waals surface area (Å²) >= 11 is 0. The van der Waals surface area contributed by atoms with Gasteiger partial charge in [0.15, 0.2) is 5.96 Å². The summed E-state index contributed by atoms with van der Waals surface area (Å²) in [5.74, 6) is 0.877. The Hall–Kier alpha value is -0.860. The zero-order valence-corrected chi connectivity index (χ0v) is 21.8. The summed E-state index contributed by atoms with van der Waals surface area (Å²) in [6.45, 7) is 18.6. The first kappa shape index (κ1) is 28.1. The molecule has 0 aliphatic heterocycles. The van der Waals surface area contributed by atoms with Crippen molar-refractivity contribution >= 4 is 29.9 Å². The van der Waals surface area contributed by atoms with E-state index in [9.17, 15) is 0 Å². The second kappa shape index (κ2) is 16.9. The Morgan fingerprint density at radius 2 is 1.48 bits per heavy atom. The van der Waals surface area contributed by atoms with Crippen molar-refractivity contribution in [2.45, 2.75) is 66.6 Å². The lowest BCUT2D eigenvalue weighted by Gasteiger charge is -2.21. The predicted molar refractivity (Wildman–Crippen MR) is 138 cm³/mol. The molecule has 5 nitrogen and oxygen atoms in total. The number of benzene rings is 1. The van der Waals surface area contributed by atoms with Crippen molar-refractivity contribution in [1.82, 2.24) is 20.4 Å². The first-order chi connectivity index (χ1) is 13.6. The maximum atomic E-state index is 4.38. The van der Waals surface area contributed by atoms with E-state index in [1.807, 2.05) is 7.05 Å². The highest BCUT2D eigenvalue weighted by molar-refractivity contribution is 14.0. The van der Waals surface area contributed by atoms with Crippen LogP contribution in [0.15, 0.2) is 29.3 Å². The van der Waals surface area contributed by atoms with Gasteiger partial charge in [-0.25, -0.2) is 0 Å². The van der Waals surface area contributed by atoms with E-state index in [0.29, 0.717) is 6.04 Å². The molecular formula is C23H44IN5. The molecule has 0 radical (unpaired) electrons. The number of hydrogen-bond acceptors (Lipinski definition) is 3. The first-order valence-corrected chi connectivity index (χ1v) is 11.1. The zero-order chi connectivity index (χ0) is 20.8. The quantitative estimate of drug-likeness (QED) is 0.232. The van der Waals surface area contributed by atoms with E-state index in [1.165, 1.54) is 24.1 Å². The van der Waals surface area contributed by atoms with Crippen LogP contribution in [0.2, 0.25) is 0 Å². The summed E-state index contributed by atoms with van der Waals surface area (Å²) in [7, 11) is 1.84. The fraction of sp³-hybridized carbons (Fsp3) is 0.696. The monoisotopic (exact) mass is 517 g/mol. The lowest BCUT2D eigenvalue weighted by molar-refractivity contribution is 0.292. The molecular weight excluding hydrogens is 473 g/mol. The van der Waals surface area contributed by atoms with E-state index >= 15 is 0 Å². The Morgan fingerprint density at radius 1 is 0.931 bits per heavy atom. The predicted octanol–water partition coefficient (Wildman–Crippen LogP) is 4.32. The third-order valence-corrected chi connectivity index (χ3v) is 5.40. The molecule has 0 fully saturated rings. The SMILES string of the molecule is CCN(CC)CCCC(C)NC(=NC)NCc1ccc(CN(CC)CC)cc1.I. The van der Waals surface area contributed by atoms with Crippen LogP contribution in [0, 0.1) is 0 Å². The molecule has 0 spiro atoms. The molecule has 1 aromatic carbocycles. The number of nitrogens with zero attached hydrogens (tertiary/aromatic N) is 3. The number of aliphatic imine (C=N–C) groups is 1. The van der Waals surface area contributed by atoms with Crippen molar-refractivity contribution in [2.24, 2.45) is 4.99 Å². The largest absolute Gasteiger partial charge is 0.354 e. The lowest BCUT2D eigenvalue weighted by Crippen LogP contribution is -2.42. The molecule has 0 heterocycles. The van der Waals surface area contributed by atoms with Gasteiger partial charge in [0.1, 0.15) is 0 Å². The molecule has 0 bridgehead atoms. The van der Waals surface area contributed by atoms with E-state index in [0.717, 1.165) is 51.6 Å². The van der Waals surface area contributed by atoms with E-state index < -0.39 is 0 Å². The number of hydrogen-bond donors (Lipinski definition) is 2. The smallest absolute Gasteiger partial charge is 0.191 e. The van der Waals surface area contributed by atoms with E-state index in [4.69, 9.17) is 0 Å². The van der Waals surface area contributed by atoms with Crippen LogP contribution in [-0.4, -0.2) is 61.6 Å². The first-order valence-electron chi connectivity index (χ1n) is 11.1. The normalized spacial score (nSPS) is 12.8. The Bertz CT molecular complexity index is 539. The number of nitrogens with one attached hydrogen (secondary N) is 2. The summed E-state index contributed by atoms with van der Waals surface area (Å²) in [6, 6.07) is 9.32. The number of rotatable bonds is 13. The summed E-state index contributed by atoms with van der Waals surface area (Å²) in [5.41, 5.74) is 2.65. The van der Waals surface area contributed by atoms with E-state index in [-0.39, 0.29) is 24.0 Å². The van der Waals surface area contributed by atoms with Crippen molar-refractivity contribution in [3.05, 3.63) is 35.4 Å². The minimum atomic E-state index is 0. The summed E-state index contributed by atoms with van der Waals surface area (Å²) in [6.07, 6.45) is 2.36. The van der Waals surface area contributed by atoms with Crippen LogP contribution in [0.5, 0.6) is 0 Å². The molecule has 2 N–H and O–H groups in total. The second-order valence-electron chi connectivity index (χ2n) is 7.42. The fourth-order valence-electron chi connectivity index (χ4n) is 3.31. The molecule has 1 unspecified atom stereocenters. The summed E-state index contributed by atoms with van der Waals surface area (Å²) in [5, 5.41) is 6.95. The Morgan fingerprint density at radius 3 is 2.00 bits per heavy atom. The summed E-state index contributed by atoms with van der Waals surface area (Å²) in [4.78, 5) is 9.28. The second-order valence-corrected chi connectivity index (χ2v) is 7.42. The molecule has 0 aromatic heterocycles. The molecule has 168 valence electrons. The molecule has 0 saturated carbocycles. The van der Waals surface area contributed by atoms with Crippen LogP contribution in [0.25, 0.3) is 0 Å². The molecule has 0 amide bonds. The molecule has 0 saturated heterocycles. The topological polar surface area (TPSA) is 42.9 Å². The third-order valence-electron chi connectivity index (χ3n) is 5.40. The van der Waals surface area contributed by atoms with Crippen LogP contribution in [0.4, 0.5) is 0 Å². The molecule has 1 atom stereocenters. The fourth-order valence-corrected chi connectivity index (χ4v) is 3.31. The van der Waals surface area contributed by atoms with Crippen LogP contribution in [-0.2, 0) is 13.1 Å². The maximum absolute atomic E-state index is 4.38. The average molecular weight is 518 g/mol. The molecule has 0 aliphatic rings.